The number of nitrogens with zero attached hydrogens (tertiary/aromatic N) is 2. The summed E-state index contributed by atoms with van der Waals surface area (Å²) in [5.41, 5.74) is 2.89. The van der Waals surface area contributed by atoms with Crippen molar-refractivity contribution in [2.45, 2.75) is 19.3 Å². The fourth-order valence-corrected chi connectivity index (χ4v) is 2.56. The number of rotatable bonds is 3. The van der Waals surface area contributed by atoms with Gasteiger partial charge in [0, 0.05) is 17.3 Å². The predicted molar refractivity (Wildman–Crippen MR) is 69.1 cm³/mol. The summed E-state index contributed by atoms with van der Waals surface area (Å²) in [5.74, 6) is -0.226. The number of hydrogen-bond acceptors (Lipinski definition) is 3. The number of hydrogen-bond donors (Lipinski definition) is 1. The third-order valence-corrected chi connectivity index (χ3v) is 3.43. The summed E-state index contributed by atoms with van der Waals surface area (Å²) >= 11 is 0. The first-order valence-electron chi connectivity index (χ1n) is 6.19. The van der Waals surface area contributed by atoms with Gasteiger partial charge in [-0.3, -0.25) is 0 Å². The van der Waals surface area contributed by atoms with Gasteiger partial charge in [0.15, 0.2) is 5.69 Å². The van der Waals surface area contributed by atoms with E-state index in [0.717, 1.165) is 42.0 Å². The molecule has 0 amide bonds. The quantitative estimate of drug-likeness (QED) is 0.915. The number of ether oxygens (including phenoxy) is 1. The van der Waals surface area contributed by atoms with Gasteiger partial charge in [0.05, 0.1) is 12.8 Å². The smallest absolute Gasteiger partial charge is 0.356 e. The summed E-state index contributed by atoms with van der Waals surface area (Å²) in [7, 11) is 1.61. The van der Waals surface area contributed by atoms with Crippen molar-refractivity contribution in [1.29, 1.82) is 0 Å². The maximum atomic E-state index is 11.2. The molecule has 1 heterocycles. The Morgan fingerprint density at radius 1 is 1.42 bits per heavy atom. The highest BCUT2D eigenvalue weighted by Crippen LogP contribution is 2.28. The first-order chi connectivity index (χ1) is 9.20. The van der Waals surface area contributed by atoms with Crippen LogP contribution in [0.4, 0.5) is 0 Å². The van der Waals surface area contributed by atoms with Crippen LogP contribution in [0.5, 0.6) is 5.75 Å². The van der Waals surface area contributed by atoms with Gasteiger partial charge in [0.25, 0.3) is 0 Å². The van der Waals surface area contributed by atoms with Crippen LogP contribution >= 0.6 is 0 Å². The van der Waals surface area contributed by atoms with Crippen LogP contribution in [0.3, 0.4) is 0 Å². The summed E-state index contributed by atoms with van der Waals surface area (Å²) in [6.45, 7) is 0. The molecule has 19 heavy (non-hydrogen) atoms. The molecule has 0 aliphatic heterocycles. The van der Waals surface area contributed by atoms with E-state index in [9.17, 15) is 9.90 Å². The summed E-state index contributed by atoms with van der Waals surface area (Å²) in [6.07, 6.45) is 2.64. The second kappa shape index (κ2) is 4.42. The molecule has 0 saturated carbocycles. The SMILES string of the molecule is COc1cccc(-n2nc(C(=O)O)c3c2CCC3)c1. The van der Waals surface area contributed by atoms with Crippen molar-refractivity contribution in [3.63, 3.8) is 0 Å². The number of carboxylic acid groups (broad SMARTS) is 1. The van der Waals surface area contributed by atoms with Gasteiger partial charge in [-0.1, -0.05) is 6.07 Å². The Labute approximate surface area is 110 Å². The van der Waals surface area contributed by atoms with Crippen molar-refractivity contribution in [1.82, 2.24) is 9.78 Å². The molecule has 0 unspecified atom stereocenters. The molecule has 1 N–H and O–H groups in total. The van der Waals surface area contributed by atoms with E-state index in [4.69, 9.17) is 4.74 Å². The van der Waals surface area contributed by atoms with Gasteiger partial charge < -0.3 is 9.84 Å². The molecule has 5 nitrogen and oxygen atoms in total. The summed E-state index contributed by atoms with van der Waals surface area (Å²) < 4.78 is 6.92. The third kappa shape index (κ3) is 1.87. The minimum Gasteiger partial charge on any atom is -0.497 e. The van der Waals surface area contributed by atoms with Crippen LogP contribution in [0.15, 0.2) is 24.3 Å². The van der Waals surface area contributed by atoms with E-state index in [0.29, 0.717) is 0 Å². The molecule has 0 atom stereocenters. The van der Waals surface area contributed by atoms with Crippen molar-refractivity contribution in [3.05, 3.63) is 41.2 Å². The number of aromatic nitrogens is 2. The van der Waals surface area contributed by atoms with Crippen molar-refractivity contribution in [3.8, 4) is 11.4 Å². The van der Waals surface area contributed by atoms with E-state index in [-0.39, 0.29) is 5.69 Å². The lowest BCUT2D eigenvalue weighted by Gasteiger charge is -2.07. The van der Waals surface area contributed by atoms with Gasteiger partial charge in [-0.2, -0.15) is 5.10 Å². The molecule has 2 aromatic rings. The molecule has 0 radical (unpaired) electrons. The van der Waals surface area contributed by atoms with Crippen molar-refractivity contribution < 1.29 is 14.6 Å². The van der Waals surface area contributed by atoms with E-state index in [1.54, 1.807) is 11.8 Å². The molecule has 0 fully saturated rings. The third-order valence-electron chi connectivity index (χ3n) is 3.43. The van der Waals surface area contributed by atoms with Crippen molar-refractivity contribution >= 4 is 5.97 Å². The Hall–Kier alpha value is -2.30. The topological polar surface area (TPSA) is 64.4 Å². The van der Waals surface area contributed by atoms with Gasteiger partial charge in [0.2, 0.25) is 0 Å². The molecule has 0 saturated heterocycles. The highest BCUT2D eigenvalue weighted by atomic mass is 16.5. The van der Waals surface area contributed by atoms with Gasteiger partial charge in [0.1, 0.15) is 5.75 Å². The summed E-state index contributed by atoms with van der Waals surface area (Å²) in [5, 5.41) is 13.4. The average molecular weight is 258 g/mol. The molecule has 98 valence electrons. The standard InChI is InChI=1S/C14H14N2O3/c1-19-10-5-2-4-9(8-10)16-12-7-3-6-11(12)13(15-16)14(17)18/h2,4-5,8H,3,6-7H2,1H3,(H,17,18). The molecule has 0 spiro atoms. The van der Waals surface area contributed by atoms with Gasteiger partial charge >= 0.3 is 5.97 Å². The Morgan fingerprint density at radius 3 is 3.00 bits per heavy atom. The number of aromatic carboxylic acids is 1. The first-order valence-corrected chi connectivity index (χ1v) is 6.19. The minimum absolute atomic E-state index is 0.176. The second-order valence-corrected chi connectivity index (χ2v) is 4.55. The zero-order valence-corrected chi connectivity index (χ0v) is 10.6. The Morgan fingerprint density at radius 2 is 2.26 bits per heavy atom. The van der Waals surface area contributed by atoms with Crippen LogP contribution in [0, 0.1) is 0 Å². The maximum absolute atomic E-state index is 11.2. The van der Waals surface area contributed by atoms with Crippen LogP contribution in [-0.4, -0.2) is 28.0 Å². The van der Waals surface area contributed by atoms with Gasteiger partial charge in [-0.15, -0.1) is 0 Å². The monoisotopic (exact) mass is 258 g/mol. The fraction of sp³-hybridized carbons (Fsp3) is 0.286. The molecule has 1 aromatic heterocycles. The molecule has 5 heteroatoms. The Bertz CT molecular complexity index is 646. The number of fused-ring (bicyclic) bond motifs is 1. The Balaban J connectivity index is 2.15. The fourth-order valence-electron chi connectivity index (χ4n) is 2.56. The zero-order chi connectivity index (χ0) is 13.4. The van der Waals surface area contributed by atoms with Crippen LogP contribution < -0.4 is 4.74 Å². The largest absolute Gasteiger partial charge is 0.497 e. The molecular formula is C14H14N2O3. The first kappa shape index (κ1) is 11.8. The molecule has 3 rings (SSSR count). The number of methoxy groups -OCH3 is 1. The van der Waals surface area contributed by atoms with Gasteiger partial charge in [-0.05, 0) is 31.4 Å². The number of carbonyl (C=O) groups is 1. The number of carboxylic acids is 1. The molecular weight excluding hydrogens is 244 g/mol. The summed E-state index contributed by atoms with van der Waals surface area (Å²) in [4.78, 5) is 11.2. The molecule has 1 aliphatic rings. The van der Waals surface area contributed by atoms with Crippen LogP contribution in [0.25, 0.3) is 5.69 Å². The van der Waals surface area contributed by atoms with Crippen LogP contribution in [-0.2, 0) is 12.8 Å². The molecule has 1 aliphatic carbocycles. The zero-order valence-electron chi connectivity index (χ0n) is 10.6. The van der Waals surface area contributed by atoms with Crippen LogP contribution in [0.2, 0.25) is 0 Å². The second-order valence-electron chi connectivity index (χ2n) is 4.55. The summed E-state index contributed by atoms with van der Waals surface area (Å²) in [6, 6.07) is 7.49. The highest BCUT2D eigenvalue weighted by molar-refractivity contribution is 5.87. The van der Waals surface area contributed by atoms with E-state index >= 15 is 0 Å². The maximum Gasteiger partial charge on any atom is 0.356 e. The molecule has 0 bridgehead atoms. The normalized spacial score (nSPS) is 13.3. The van der Waals surface area contributed by atoms with E-state index in [1.807, 2.05) is 24.3 Å². The lowest BCUT2D eigenvalue weighted by atomic mass is 10.2. The molecule has 1 aromatic carbocycles. The van der Waals surface area contributed by atoms with Crippen molar-refractivity contribution in [2.75, 3.05) is 7.11 Å². The van der Waals surface area contributed by atoms with E-state index < -0.39 is 5.97 Å². The van der Waals surface area contributed by atoms with E-state index in [1.165, 1.54) is 0 Å². The predicted octanol–water partition coefficient (Wildman–Crippen LogP) is 2.07. The van der Waals surface area contributed by atoms with Gasteiger partial charge in [-0.25, -0.2) is 9.48 Å². The highest BCUT2D eigenvalue weighted by Gasteiger charge is 2.26. The van der Waals surface area contributed by atoms with Crippen LogP contribution in [0.1, 0.15) is 28.2 Å². The average Bonchev–Trinajstić information content (AvgIpc) is 2.99. The van der Waals surface area contributed by atoms with E-state index in [2.05, 4.69) is 5.10 Å². The number of benzene rings is 1. The Kier molecular flexibility index (Phi) is 2.74. The van der Waals surface area contributed by atoms with Crippen molar-refractivity contribution in [2.24, 2.45) is 0 Å². The lowest BCUT2D eigenvalue weighted by molar-refractivity contribution is 0.0689. The lowest BCUT2D eigenvalue weighted by Crippen LogP contribution is -2.04. The minimum atomic E-state index is -0.959.